The second-order valence-electron chi connectivity index (χ2n) is 6.36. The molecule has 4 rings (SSSR count). The van der Waals surface area contributed by atoms with Crippen molar-refractivity contribution < 1.29 is 19.4 Å². The number of hydrogen-bond donors (Lipinski definition) is 1. The highest BCUT2D eigenvalue weighted by Gasteiger charge is 2.23. The largest absolute Gasteiger partial charge is 0.481 e. The molecule has 0 spiro atoms. The Labute approximate surface area is 164 Å². The number of carboxylic acids is 1. The molecular weight excluding hydrogens is 386 g/mol. The molecule has 0 saturated carbocycles. The summed E-state index contributed by atoms with van der Waals surface area (Å²) in [6.45, 7) is 1.63. The molecule has 1 fully saturated rings. The van der Waals surface area contributed by atoms with Gasteiger partial charge in [-0.15, -0.1) is 11.3 Å². The highest BCUT2D eigenvalue weighted by atomic mass is 35.5. The molecular formula is C20H16ClNO4S. The maximum absolute atomic E-state index is 12.5. The maximum atomic E-state index is 12.5. The summed E-state index contributed by atoms with van der Waals surface area (Å²) >= 11 is 7.59. The molecule has 1 aliphatic rings. The molecule has 0 atom stereocenters. The third-order valence-electron chi connectivity index (χ3n) is 4.46. The molecule has 1 amide bonds. The van der Waals surface area contributed by atoms with Gasteiger partial charge in [0.15, 0.2) is 0 Å². The minimum atomic E-state index is -0.937. The Morgan fingerprint density at radius 3 is 2.67 bits per heavy atom. The van der Waals surface area contributed by atoms with Crippen LogP contribution in [0.15, 0.2) is 42.5 Å². The molecule has 1 aliphatic heterocycles. The molecule has 7 heteroatoms. The molecule has 2 aromatic carbocycles. The Morgan fingerprint density at radius 2 is 2.00 bits per heavy atom. The van der Waals surface area contributed by atoms with E-state index < -0.39 is 5.97 Å². The highest BCUT2D eigenvalue weighted by molar-refractivity contribution is 7.21. The normalized spacial score (nSPS) is 13.4. The van der Waals surface area contributed by atoms with Crippen molar-refractivity contribution in [2.75, 3.05) is 13.1 Å². The van der Waals surface area contributed by atoms with Crippen LogP contribution < -0.4 is 4.74 Å². The summed E-state index contributed by atoms with van der Waals surface area (Å²) in [5.74, 6) is 0.288. The van der Waals surface area contributed by atoms with Crippen molar-refractivity contribution in [2.45, 2.75) is 12.8 Å². The number of benzene rings is 2. The SMILES string of the molecule is O=C(O)Cc1ccc(Oc2cccc3cc(C(=O)N4CCC4)sc23)cc1Cl. The van der Waals surface area contributed by atoms with E-state index in [1.165, 1.54) is 11.3 Å². The van der Waals surface area contributed by atoms with Gasteiger partial charge < -0.3 is 14.7 Å². The third kappa shape index (κ3) is 3.63. The lowest BCUT2D eigenvalue weighted by atomic mass is 10.1. The molecule has 1 N–H and O–H groups in total. The Bertz CT molecular complexity index is 1040. The minimum absolute atomic E-state index is 0.0643. The first-order valence-corrected chi connectivity index (χ1v) is 9.70. The van der Waals surface area contributed by atoms with Gasteiger partial charge in [0, 0.05) is 18.1 Å². The summed E-state index contributed by atoms with van der Waals surface area (Å²) in [4.78, 5) is 25.9. The smallest absolute Gasteiger partial charge is 0.307 e. The van der Waals surface area contributed by atoms with Gasteiger partial charge in [-0.1, -0.05) is 29.8 Å². The van der Waals surface area contributed by atoms with Crippen LogP contribution in [0.3, 0.4) is 0 Å². The monoisotopic (exact) mass is 401 g/mol. The van der Waals surface area contributed by atoms with Gasteiger partial charge in [-0.2, -0.15) is 0 Å². The predicted octanol–water partition coefficient (Wildman–Crippen LogP) is 4.82. The van der Waals surface area contributed by atoms with Gasteiger partial charge in [0.2, 0.25) is 0 Å². The Kier molecular flexibility index (Phi) is 4.76. The lowest BCUT2D eigenvalue weighted by Gasteiger charge is -2.30. The maximum Gasteiger partial charge on any atom is 0.307 e. The zero-order chi connectivity index (χ0) is 19.0. The third-order valence-corrected chi connectivity index (χ3v) is 5.96. The van der Waals surface area contributed by atoms with Crippen LogP contribution in [0.5, 0.6) is 11.5 Å². The molecule has 2 heterocycles. The molecule has 1 saturated heterocycles. The first-order chi connectivity index (χ1) is 13.0. The van der Waals surface area contributed by atoms with E-state index in [1.54, 1.807) is 18.2 Å². The van der Waals surface area contributed by atoms with Crippen LogP contribution in [0.25, 0.3) is 10.1 Å². The lowest BCUT2D eigenvalue weighted by Crippen LogP contribution is -2.41. The zero-order valence-corrected chi connectivity index (χ0v) is 15.8. The number of carbonyl (C=O) groups is 2. The number of nitrogens with zero attached hydrogens (tertiary/aromatic N) is 1. The van der Waals surface area contributed by atoms with Crippen molar-refractivity contribution in [1.82, 2.24) is 4.90 Å². The second kappa shape index (κ2) is 7.21. The number of thiophene rings is 1. The van der Waals surface area contributed by atoms with E-state index in [9.17, 15) is 9.59 Å². The van der Waals surface area contributed by atoms with E-state index in [0.717, 1.165) is 29.6 Å². The van der Waals surface area contributed by atoms with Gasteiger partial charge in [0.1, 0.15) is 11.5 Å². The van der Waals surface area contributed by atoms with E-state index in [0.29, 0.717) is 27.0 Å². The highest BCUT2D eigenvalue weighted by Crippen LogP contribution is 2.37. The molecule has 1 aromatic heterocycles. The van der Waals surface area contributed by atoms with E-state index in [4.69, 9.17) is 21.4 Å². The van der Waals surface area contributed by atoms with Crippen molar-refractivity contribution in [2.24, 2.45) is 0 Å². The average molecular weight is 402 g/mol. The number of amides is 1. The number of aliphatic carboxylic acids is 1. The molecule has 5 nitrogen and oxygen atoms in total. The van der Waals surface area contributed by atoms with Crippen LogP contribution >= 0.6 is 22.9 Å². The number of carboxylic acid groups (broad SMARTS) is 1. The van der Waals surface area contributed by atoms with Crippen LogP contribution in [0.1, 0.15) is 21.7 Å². The number of carbonyl (C=O) groups excluding carboxylic acids is 1. The van der Waals surface area contributed by atoms with Crippen molar-refractivity contribution in [3.63, 3.8) is 0 Å². The molecule has 138 valence electrons. The van der Waals surface area contributed by atoms with Crippen LogP contribution in [-0.2, 0) is 11.2 Å². The molecule has 0 bridgehead atoms. The molecule has 0 radical (unpaired) electrons. The Balaban J connectivity index is 1.62. The lowest BCUT2D eigenvalue weighted by molar-refractivity contribution is -0.136. The fourth-order valence-electron chi connectivity index (χ4n) is 2.92. The van der Waals surface area contributed by atoms with Gasteiger partial charge in [-0.3, -0.25) is 9.59 Å². The first kappa shape index (κ1) is 17.8. The summed E-state index contributed by atoms with van der Waals surface area (Å²) in [5, 5.41) is 10.2. The molecule has 27 heavy (non-hydrogen) atoms. The number of likely N-dealkylation sites (tertiary alicyclic amines) is 1. The van der Waals surface area contributed by atoms with Crippen LogP contribution in [0, 0.1) is 0 Å². The summed E-state index contributed by atoms with van der Waals surface area (Å²) in [6, 6.07) is 12.5. The summed E-state index contributed by atoms with van der Waals surface area (Å²) in [6.07, 6.45) is 0.922. The summed E-state index contributed by atoms with van der Waals surface area (Å²) < 4.78 is 6.88. The number of fused-ring (bicyclic) bond motifs is 1. The molecule has 3 aromatic rings. The molecule has 0 aliphatic carbocycles. The van der Waals surface area contributed by atoms with Gasteiger partial charge >= 0.3 is 5.97 Å². The van der Waals surface area contributed by atoms with Crippen LogP contribution in [-0.4, -0.2) is 35.0 Å². The molecule has 0 unspecified atom stereocenters. The fourth-order valence-corrected chi connectivity index (χ4v) is 4.24. The van der Waals surface area contributed by atoms with E-state index in [2.05, 4.69) is 0 Å². The predicted molar refractivity (Wildman–Crippen MR) is 105 cm³/mol. The average Bonchev–Trinajstić information content (AvgIpc) is 3.01. The topological polar surface area (TPSA) is 66.8 Å². The minimum Gasteiger partial charge on any atom is -0.481 e. The Morgan fingerprint density at radius 1 is 1.19 bits per heavy atom. The van der Waals surface area contributed by atoms with Crippen molar-refractivity contribution >= 4 is 44.9 Å². The number of ether oxygens (including phenoxy) is 1. The van der Waals surface area contributed by atoms with Crippen molar-refractivity contribution in [3.8, 4) is 11.5 Å². The van der Waals surface area contributed by atoms with E-state index >= 15 is 0 Å². The standard InChI is InChI=1S/C20H16ClNO4S/c21-15-11-14(6-5-12(15)10-18(23)24)26-16-4-1-3-13-9-17(27-19(13)16)20(25)22-7-2-8-22/h1,3-6,9,11H,2,7-8,10H2,(H,23,24). The van der Waals surface area contributed by atoms with Gasteiger partial charge in [-0.05, 0) is 41.6 Å². The van der Waals surface area contributed by atoms with E-state index in [-0.39, 0.29) is 12.3 Å². The van der Waals surface area contributed by atoms with Gasteiger partial charge in [0.05, 0.1) is 16.0 Å². The number of halogens is 1. The first-order valence-electron chi connectivity index (χ1n) is 8.51. The summed E-state index contributed by atoms with van der Waals surface area (Å²) in [7, 11) is 0. The second-order valence-corrected chi connectivity index (χ2v) is 7.82. The fraction of sp³-hybridized carbons (Fsp3) is 0.200. The van der Waals surface area contributed by atoms with Gasteiger partial charge in [0.25, 0.3) is 5.91 Å². The number of hydrogen-bond acceptors (Lipinski definition) is 4. The number of rotatable bonds is 5. The van der Waals surface area contributed by atoms with Crippen molar-refractivity contribution in [1.29, 1.82) is 0 Å². The van der Waals surface area contributed by atoms with Crippen LogP contribution in [0.2, 0.25) is 5.02 Å². The quantitative estimate of drug-likeness (QED) is 0.665. The zero-order valence-electron chi connectivity index (χ0n) is 14.3. The van der Waals surface area contributed by atoms with Crippen molar-refractivity contribution in [3.05, 3.63) is 57.9 Å². The van der Waals surface area contributed by atoms with E-state index in [1.807, 2.05) is 29.2 Å². The van der Waals surface area contributed by atoms with Gasteiger partial charge in [-0.25, -0.2) is 0 Å². The van der Waals surface area contributed by atoms with Crippen LogP contribution in [0.4, 0.5) is 0 Å². The summed E-state index contributed by atoms with van der Waals surface area (Å²) in [5.41, 5.74) is 0.535. The Hall–Kier alpha value is -2.57.